The molecule has 0 bridgehead atoms. The van der Waals surface area contributed by atoms with E-state index in [1.54, 1.807) is 0 Å². The molecule has 0 radical (unpaired) electrons. The molecule has 0 saturated carbocycles. The Kier molecular flexibility index (Phi) is 3.30. The maximum Gasteiger partial charge on any atom is 0.132 e. The fourth-order valence-electron chi connectivity index (χ4n) is 2.82. The molecule has 2 aromatic heterocycles. The second kappa shape index (κ2) is 5.32. The van der Waals surface area contributed by atoms with E-state index in [1.165, 1.54) is 9.71 Å². The van der Waals surface area contributed by atoms with Crippen molar-refractivity contribution in [2.75, 3.05) is 18.0 Å². The molecule has 0 spiro atoms. The number of aryl methyl sites for hydroxylation is 2. The van der Waals surface area contributed by atoms with Crippen LogP contribution < -0.4 is 4.90 Å². The smallest absolute Gasteiger partial charge is 0.132 e. The van der Waals surface area contributed by atoms with Crippen LogP contribution in [0.15, 0.2) is 30.3 Å². The Morgan fingerprint density at radius 2 is 2.00 bits per heavy atom. The van der Waals surface area contributed by atoms with Crippen molar-refractivity contribution in [2.45, 2.75) is 26.2 Å². The number of fused-ring (bicyclic) bond motifs is 1. The number of para-hydroxylation sites is 1. The van der Waals surface area contributed by atoms with Gasteiger partial charge in [0.2, 0.25) is 0 Å². The first kappa shape index (κ1) is 13.6. The summed E-state index contributed by atoms with van der Waals surface area (Å²) in [7, 11) is 0. The lowest BCUT2D eigenvalue weighted by Gasteiger charge is -2.39. The third-order valence-corrected chi connectivity index (χ3v) is 5.27. The molecule has 4 rings (SSSR count). The summed E-state index contributed by atoms with van der Waals surface area (Å²) in [5.41, 5.74) is 2.16. The zero-order valence-corrected chi connectivity index (χ0v) is 13.6. The lowest BCUT2D eigenvalue weighted by Crippen LogP contribution is -2.45. The van der Waals surface area contributed by atoms with Crippen molar-refractivity contribution < 1.29 is 0 Å². The Hall–Kier alpha value is -2.01. The third-order valence-electron chi connectivity index (χ3n) is 4.07. The molecule has 1 aromatic carbocycles. The van der Waals surface area contributed by atoms with Gasteiger partial charge in [0, 0.05) is 37.2 Å². The van der Waals surface area contributed by atoms with Gasteiger partial charge >= 0.3 is 0 Å². The van der Waals surface area contributed by atoms with Crippen molar-refractivity contribution in [1.82, 2.24) is 15.0 Å². The second-order valence-electron chi connectivity index (χ2n) is 5.76. The number of rotatable bonds is 3. The molecular formula is C17H18N4S. The Morgan fingerprint density at radius 1 is 1.18 bits per heavy atom. The molecule has 112 valence electrons. The van der Waals surface area contributed by atoms with E-state index in [1.807, 2.05) is 18.3 Å². The number of hydrogen-bond acceptors (Lipinski definition) is 5. The predicted octanol–water partition coefficient (Wildman–Crippen LogP) is 3.56. The first-order valence-electron chi connectivity index (χ1n) is 7.68. The van der Waals surface area contributed by atoms with E-state index in [-0.39, 0.29) is 0 Å². The van der Waals surface area contributed by atoms with Crippen molar-refractivity contribution in [3.8, 4) is 0 Å². The number of aromatic nitrogens is 3. The normalized spacial score (nSPS) is 15.3. The average molecular weight is 310 g/mol. The Balaban J connectivity index is 1.53. The molecule has 0 atom stereocenters. The van der Waals surface area contributed by atoms with Gasteiger partial charge in [-0.1, -0.05) is 19.1 Å². The highest BCUT2D eigenvalue weighted by atomic mass is 32.1. The molecule has 0 amide bonds. The highest BCUT2D eigenvalue weighted by Crippen LogP contribution is 2.35. The molecule has 22 heavy (non-hydrogen) atoms. The van der Waals surface area contributed by atoms with Gasteiger partial charge in [0.1, 0.15) is 16.6 Å². The van der Waals surface area contributed by atoms with Crippen LogP contribution in [0.5, 0.6) is 0 Å². The van der Waals surface area contributed by atoms with Crippen molar-refractivity contribution in [3.63, 3.8) is 0 Å². The van der Waals surface area contributed by atoms with Gasteiger partial charge < -0.3 is 4.90 Å². The summed E-state index contributed by atoms with van der Waals surface area (Å²) < 4.78 is 1.28. The Labute approximate surface area is 133 Å². The summed E-state index contributed by atoms with van der Waals surface area (Å²) in [5, 5.41) is 1.25. The fourth-order valence-corrected chi connectivity index (χ4v) is 3.87. The van der Waals surface area contributed by atoms with Crippen LogP contribution in [0.4, 0.5) is 5.82 Å². The highest BCUT2D eigenvalue weighted by Gasteiger charge is 2.31. The number of anilines is 1. The van der Waals surface area contributed by atoms with E-state index in [2.05, 4.69) is 52.1 Å². The van der Waals surface area contributed by atoms with Gasteiger partial charge in [0.25, 0.3) is 0 Å². The van der Waals surface area contributed by atoms with Crippen LogP contribution in [0.3, 0.4) is 0 Å². The van der Waals surface area contributed by atoms with Gasteiger partial charge in [0.05, 0.1) is 10.2 Å². The molecule has 1 fully saturated rings. The van der Waals surface area contributed by atoms with Crippen molar-refractivity contribution in [2.24, 2.45) is 0 Å². The minimum atomic E-state index is 0.526. The molecule has 3 aromatic rings. The van der Waals surface area contributed by atoms with Gasteiger partial charge in [-0.2, -0.15) is 0 Å². The molecule has 1 aliphatic heterocycles. The lowest BCUT2D eigenvalue weighted by molar-refractivity contribution is 0.517. The summed E-state index contributed by atoms with van der Waals surface area (Å²) in [6, 6.07) is 10.4. The Bertz CT molecular complexity index is 787. The van der Waals surface area contributed by atoms with Crippen molar-refractivity contribution >= 4 is 27.4 Å². The van der Waals surface area contributed by atoms with Crippen LogP contribution in [0.25, 0.3) is 10.2 Å². The standard InChI is InChI=1S/C17H18N4S/c1-3-15-18-11(2)8-16(20-15)21-9-12(10-21)17-19-13-6-4-5-7-14(13)22-17/h4-8,12H,3,9-10H2,1-2H3. The number of nitrogens with zero attached hydrogens (tertiary/aromatic N) is 4. The van der Waals surface area contributed by atoms with E-state index in [4.69, 9.17) is 4.98 Å². The van der Waals surface area contributed by atoms with Crippen LogP contribution >= 0.6 is 11.3 Å². The zero-order chi connectivity index (χ0) is 15.1. The number of benzene rings is 1. The van der Waals surface area contributed by atoms with Crippen LogP contribution in [0.2, 0.25) is 0 Å². The van der Waals surface area contributed by atoms with E-state index >= 15 is 0 Å². The number of hydrogen-bond donors (Lipinski definition) is 0. The van der Waals surface area contributed by atoms with Gasteiger partial charge in [-0.15, -0.1) is 11.3 Å². The van der Waals surface area contributed by atoms with Gasteiger partial charge in [-0.25, -0.2) is 15.0 Å². The molecular weight excluding hydrogens is 292 g/mol. The zero-order valence-electron chi connectivity index (χ0n) is 12.8. The summed E-state index contributed by atoms with van der Waals surface area (Å²) >= 11 is 1.82. The summed E-state index contributed by atoms with van der Waals surface area (Å²) in [5.74, 6) is 2.51. The van der Waals surface area contributed by atoms with Crippen LogP contribution in [0.1, 0.15) is 29.4 Å². The van der Waals surface area contributed by atoms with Crippen LogP contribution in [-0.4, -0.2) is 28.0 Å². The van der Waals surface area contributed by atoms with Crippen molar-refractivity contribution in [1.29, 1.82) is 0 Å². The largest absolute Gasteiger partial charge is 0.355 e. The topological polar surface area (TPSA) is 41.9 Å². The average Bonchev–Trinajstić information content (AvgIpc) is 2.88. The summed E-state index contributed by atoms with van der Waals surface area (Å²) in [6.45, 7) is 6.13. The third kappa shape index (κ3) is 2.35. The van der Waals surface area contributed by atoms with Gasteiger partial charge in [0.15, 0.2) is 0 Å². The molecule has 5 heteroatoms. The van der Waals surface area contributed by atoms with Crippen molar-refractivity contribution in [3.05, 3.63) is 46.9 Å². The second-order valence-corrected chi connectivity index (χ2v) is 6.82. The number of thiazole rings is 1. The SMILES string of the molecule is CCc1nc(C)cc(N2CC(c3nc4ccccc4s3)C2)n1. The minimum absolute atomic E-state index is 0.526. The van der Waals surface area contributed by atoms with E-state index < -0.39 is 0 Å². The molecule has 4 nitrogen and oxygen atoms in total. The van der Waals surface area contributed by atoms with Gasteiger partial charge in [-0.3, -0.25) is 0 Å². The molecule has 1 aliphatic rings. The summed E-state index contributed by atoms with van der Waals surface area (Å²) in [6.07, 6.45) is 0.879. The van der Waals surface area contributed by atoms with E-state index in [0.717, 1.165) is 42.4 Å². The molecule has 1 saturated heterocycles. The lowest BCUT2D eigenvalue weighted by atomic mass is 10.0. The van der Waals surface area contributed by atoms with E-state index in [9.17, 15) is 0 Å². The van der Waals surface area contributed by atoms with E-state index in [0.29, 0.717) is 5.92 Å². The first-order chi connectivity index (χ1) is 10.7. The van der Waals surface area contributed by atoms with Crippen LogP contribution in [0, 0.1) is 6.92 Å². The van der Waals surface area contributed by atoms with Gasteiger partial charge in [-0.05, 0) is 19.1 Å². The Morgan fingerprint density at radius 3 is 2.77 bits per heavy atom. The summed E-state index contributed by atoms with van der Waals surface area (Å²) in [4.78, 5) is 16.2. The monoisotopic (exact) mass is 310 g/mol. The maximum absolute atomic E-state index is 4.77. The quantitative estimate of drug-likeness (QED) is 0.742. The minimum Gasteiger partial charge on any atom is -0.355 e. The fraction of sp³-hybridized carbons (Fsp3) is 0.353. The molecule has 0 aliphatic carbocycles. The molecule has 3 heterocycles. The molecule has 0 N–H and O–H groups in total. The highest BCUT2D eigenvalue weighted by molar-refractivity contribution is 7.18. The van der Waals surface area contributed by atoms with Crippen LogP contribution in [-0.2, 0) is 6.42 Å². The maximum atomic E-state index is 4.77. The predicted molar refractivity (Wildman–Crippen MR) is 90.7 cm³/mol. The first-order valence-corrected chi connectivity index (χ1v) is 8.49. The molecule has 0 unspecified atom stereocenters.